The molecule has 1 atom stereocenters. The number of halogens is 3. The van der Waals surface area contributed by atoms with Crippen molar-refractivity contribution in [1.29, 1.82) is 0 Å². The first-order valence-corrected chi connectivity index (χ1v) is 10.4. The molecule has 11 heteroatoms. The van der Waals surface area contributed by atoms with Gasteiger partial charge in [0.15, 0.2) is 5.11 Å². The van der Waals surface area contributed by atoms with Gasteiger partial charge < -0.3 is 16.0 Å². The lowest BCUT2D eigenvalue weighted by atomic mass is 10.1. The molecular weight excluding hydrogens is 483 g/mol. The van der Waals surface area contributed by atoms with Crippen LogP contribution < -0.4 is 16.0 Å². The number of nitro benzene ring substituents is 1. The fourth-order valence-corrected chi connectivity index (χ4v) is 3.41. The van der Waals surface area contributed by atoms with Crippen LogP contribution in [0.5, 0.6) is 0 Å². The standard InChI is InChI=1S/C20H15Cl3N4O3S/c21-20(22,23)18(25-17(28)14-9-3-4-11-16(14)27(29)30)26-19(31)24-15-10-5-7-12-6-1-2-8-13(12)15/h1-11,18H,(H,25,28)(H2,24,26,31). The molecule has 160 valence electrons. The zero-order chi connectivity index (χ0) is 22.6. The van der Waals surface area contributed by atoms with Gasteiger partial charge in [0, 0.05) is 17.1 Å². The number of nitro groups is 1. The number of carbonyl (C=O) groups is 1. The molecule has 3 N–H and O–H groups in total. The van der Waals surface area contributed by atoms with Crippen molar-refractivity contribution in [2.75, 3.05) is 5.32 Å². The van der Waals surface area contributed by atoms with E-state index in [0.29, 0.717) is 5.69 Å². The van der Waals surface area contributed by atoms with Gasteiger partial charge in [-0.25, -0.2) is 0 Å². The van der Waals surface area contributed by atoms with Gasteiger partial charge in [0.05, 0.1) is 4.92 Å². The quantitative estimate of drug-likeness (QED) is 0.148. The number of hydrogen-bond donors (Lipinski definition) is 3. The van der Waals surface area contributed by atoms with Crippen LogP contribution in [0.4, 0.5) is 11.4 Å². The number of rotatable bonds is 5. The highest BCUT2D eigenvalue weighted by atomic mass is 35.6. The molecule has 0 bridgehead atoms. The molecule has 0 aromatic heterocycles. The van der Waals surface area contributed by atoms with E-state index in [1.807, 2.05) is 42.5 Å². The average Bonchev–Trinajstić information content (AvgIpc) is 2.72. The second kappa shape index (κ2) is 9.65. The Bertz CT molecular complexity index is 1150. The first-order chi connectivity index (χ1) is 14.7. The number of amides is 1. The molecule has 3 aromatic rings. The number of anilines is 1. The summed E-state index contributed by atoms with van der Waals surface area (Å²) in [6.45, 7) is 0. The highest BCUT2D eigenvalue weighted by molar-refractivity contribution is 7.80. The summed E-state index contributed by atoms with van der Waals surface area (Å²) in [7, 11) is 0. The normalized spacial score (nSPS) is 12.1. The summed E-state index contributed by atoms with van der Waals surface area (Å²) in [5, 5.41) is 21.4. The van der Waals surface area contributed by atoms with Crippen molar-refractivity contribution in [3.8, 4) is 0 Å². The minimum Gasteiger partial charge on any atom is -0.339 e. The predicted molar refractivity (Wildman–Crippen MR) is 128 cm³/mol. The Morgan fingerprint density at radius 3 is 2.32 bits per heavy atom. The van der Waals surface area contributed by atoms with Crippen LogP contribution in [-0.2, 0) is 0 Å². The summed E-state index contributed by atoms with van der Waals surface area (Å²) < 4.78 is -2.01. The zero-order valence-corrected chi connectivity index (χ0v) is 18.7. The fraction of sp³-hybridized carbons (Fsp3) is 0.100. The Labute approximate surface area is 197 Å². The molecule has 1 amide bonds. The minimum atomic E-state index is -2.01. The van der Waals surface area contributed by atoms with Crippen LogP contribution in [0.3, 0.4) is 0 Å². The van der Waals surface area contributed by atoms with E-state index in [4.69, 9.17) is 47.0 Å². The van der Waals surface area contributed by atoms with Crippen molar-refractivity contribution in [2.45, 2.75) is 9.96 Å². The van der Waals surface area contributed by atoms with Crippen LogP contribution in [0.15, 0.2) is 66.7 Å². The monoisotopic (exact) mass is 496 g/mol. The number of hydrogen-bond acceptors (Lipinski definition) is 4. The average molecular weight is 498 g/mol. The van der Waals surface area contributed by atoms with E-state index in [0.717, 1.165) is 10.8 Å². The molecule has 0 aliphatic heterocycles. The Morgan fingerprint density at radius 2 is 1.61 bits per heavy atom. The summed E-state index contributed by atoms with van der Waals surface area (Å²) in [4.78, 5) is 23.2. The molecule has 0 fully saturated rings. The molecule has 0 radical (unpaired) electrons. The largest absolute Gasteiger partial charge is 0.339 e. The van der Waals surface area contributed by atoms with Gasteiger partial charge in [-0.2, -0.15) is 0 Å². The molecule has 3 aromatic carbocycles. The molecule has 7 nitrogen and oxygen atoms in total. The number of para-hydroxylation sites is 1. The van der Waals surface area contributed by atoms with E-state index < -0.39 is 20.8 Å². The van der Waals surface area contributed by atoms with Gasteiger partial charge in [-0.1, -0.05) is 83.3 Å². The van der Waals surface area contributed by atoms with Crippen LogP contribution in [0, 0.1) is 10.1 Å². The molecule has 0 spiro atoms. The topological polar surface area (TPSA) is 96.3 Å². The number of benzene rings is 3. The highest BCUT2D eigenvalue weighted by Crippen LogP contribution is 2.30. The van der Waals surface area contributed by atoms with Crippen molar-refractivity contribution in [3.05, 3.63) is 82.4 Å². The number of nitrogens with one attached hydrogen (secondary N) is 3. The Hall–Kier alpha value is -2.65. The molecule has 1 unspecified atom stereocenters. The molecule has 31 heavy (non-hydrogen) atoms. The summed E-state index contributed by atoms with van der Waals surface area (Å²) in [5.41, 5.74) is 0.157. The van der Waals surface area contributed by atoms with Gasteiger partial charge in [0.1, 0.15) is 11.7 Å². The lowest BCUT2D eigenvalue weighted by Gasteiger charge is -2.28. The van der Waals surface area contributed by atoms with E-state index in [9.17, 15) is 14.9 Å². The Kier molecular flexibility index (Phi) is 7.17. The van der Waals surface area contributed by atoms with Crippen LogP contribution in [0.2, 0.25) is 0 Å². The maximum atomic E-state index is 12.6. The molecule has 0 saturated carbocycles. The number of nitrogens with zero attached hydrogens (tertiary/aromatic N) is 1. The molecule has 3 rings (SSSR count). The van der Waals surface area contributed by atoms with Crippen molar-refractivity contribution in [3.63, 3.8) is 0 Å². The third kappa shape index (κ3) is 5.74. The lowest BCUT2D eigenvalue weighted by Crippen LogP contribution is -2.56. The smallest absolute Gasteiger partial charge is 0.282 e. The van der Waals surface area contributed by atoms with Gasteiger partial charge in [-0.05, 0) is 29.7 Å². The summed E-state index contributed by atoms with van der Waals surface area (Å²) in [5.74, 6) is -0.802. The first-order valence-electron chi connectivity index (χ1n) is 8.83. The van der Waals surface area contributed by atoms with Gasteiger partial charge in [-0.3, -0.25) is 14.9 Å². The molecule has 0 aliphatic carbocycles. The van der Waals surface area contributed by atoms with Crippen molar-refractivity contribution >= 4 is 80.2 Å². The molecule has 0 saturated heterocycles. The molecular formula is C20H15Cl3N4O3S. The first kappa shape index (κ1) is 23.0. The van der Waals surface area contributed by atoms with E-state index in [-0.39, 0.29) is 16.4 Å². The SMILES string of the molecule is O=C(NC(NC(=S)Nc1cccc2ccccc12)C(Cl)(Cl)Cl)c1ccccc1[N+](=O)[O-]. The van der Waals surface area contributed by atoms with E-state index in [1.165, 1.54) is 24.3 Å². The minimum absolute atomic E-state index is 0.0792. The van der Waals surface area contributed by atoms with E-state index in [2.05, 4.69) is 16.0 Å². The lowest BCUT2D eigenvalue weighted by molar-refractivity contribution is -0.385. The summed E-state index contributed by atoms with van der Waals surface area (Å²) in [6, 6.07) is 18.8. The Balaban J connectivity index is 1.78. The maximum absolute atomic E-state index is 12.6. The van der Waals surface area contributed by atoms with Crippen LogP contribution >= 0.6 is 47.0 Å². The predicted octanol–water partition coefficient (Wildman–Crippen LogP) is 5.16. The van der Waals surface area contributed by atoms with Crippen LogP contribution in [-0.4, -0.2) is 25.9 Å². The van der Waals surface area contributed by atoms with Crippen molar-refractivity contribution in [2.24, 2.45) is 0 Å². The number of thiocarbonyl (C=S) groups is 1. The third-order valence-electron chi connectivity index (χ3n) is 4.26. The number of alkyl halides is 3. The van der Waals surface area contributed by atoms with Crippen molar-refractivity contribution in [1.82, 2.24) is 10.6 Å². The second-order valence-corrected chi connectivity index (χ2v) is 9.12. The van der Waals surface area contributed by atoms with Crippen LogP contribution in [0.25, 0.3) is 10.8 Å². The van der Waals surface area contributed by atoms with Gasteiger partial charge >= 0.3 is 0 Å². The maximum Gasteiger partial charge on any atom is 0.282 e. The fourth-order valence-electron chi connectivity index (χ4n) is 2.86. The van der Waals surface area contributed by atoms with Gasteiger partial charge in [0.25, 0.3) is 11.6 Å². The highest BCUT2D eigenvalue weighted by Gasteiger charge is 2.36. The molecule has 0 heterocycles. The number of carbonyl (C=O) groups excluding carboxylic acids is 1. The Morgan fingerprint density at radius 1 is 0.968 bits per heavy atom. The van der Waals surface area contributed by atoms with Crippen molar-refractivity contribution < 1.29 is 9.72 Å². The third-order valence-corrected chi connectivity index (χ3v) is 5.14. The number of fused-ring (bicyclic) bond motifs is 1. The second-order valence-electron chi connectivity index (χ2n) is 6.35. The van der Waals surface area contributed by atoms with E-state index >= 15 is 0 Å². The van der Waals surface area contributed by atoms with E-state index in [1.54, 1.807) is 0 Å². The van der Waals surface area contributed by atoms with Gasteiger partial charge in [-0.15, -0.1) is 0 Å². The zero-order valence-electron chi connectivity index (χ0n) is 15.6. The summed E-state index contributed by atoms with van der Waals surface area (Å²) in [6.07, 6.45) is -1.28. The molecule has 0 aliphatic rings. The summed E-state index contributed by atoms with van der Waals surface area (Å²) >= 11 is 23.3. The van der Waals surface area contributed by atoms with Crippen LogP contribution in [0.1, 0.15) is 10.4 Å². The van der Waals surface area contributed by atoms with Gasteiger partial charge in [0.2, 0.25) is 3.79 Å².